The highest BCUT2D eigenvalue weighted by atomic mass is 31.2. The SMILES string of the molecule is C=CC(=O)OCC(O)CCCCCCCC.O=P(O)(O)O. The van der Waals surface area contributed by atoms with Crippen molar-refractivity contribution in [2.45, 2.75) is 58.0 Å². The van der Waals surface area contributed by atoms with Gasteiger partial charge in [-0.2, -0.15) is 0 Å². The van der Waals surface area contributed by atoms with Crippen LogP contribution in [-0.4, -0.2) is 38.5 Å². The number of rotatable bonds is 10. The highest BCUT2D eigenvalue weighted by Crippen LogP contribution is 2.25. The average molecular weight is 326 g/mol. The van der Waals surface area contributed by atoms with Gasteiger partial charge in [0.2, 0.25) is 0 Å². The van der Waals surface area contributed by atoms with Crippen LogP contribution in [0.25, 0.3) is 0 Å². The fourth-order valence-electron chi connectivity index (χ4n) is 1.48. The van der Waals surface area contributed by atoms with Crippen molar-refractivity contribution in [1.29, 1.82) is 0 Å². The molecule has 0 aromatic carbocycles. The van der Waals surface area contributed by atoms with Gasteiger partial charge in [-0.05, 0) is 6.42 Å². The number of ether oxygens (including phenoxy) is 1. The first-order chi connectivity index (χ1) is 9.70. The van der Waals surface area contributed by atoms with E-state index < -0.39 is 19.9 Å². The van der Waals surface area contributed by atoms with Gasteiger partial charge in [0.25, 0.3) is 0 Å². The summed E-state index contributed by atoms with van der Waals surface area (Å²) in [6, 6.07) is 0. The Morgan fingerprint density at radius 1 is 1.19 bits per heavy atom. The summed E-state index contributed by atoms with van der Waals surface area (Å²) in [5, 5.41) is 9.48. The van der Waals surface area contributed by atoms with E-state index in [9.17, 15) is 9.90 Å². The minimum Gasteiger partial charge on any atom is -0.460 e. The second-order valence-corrected chi connectivity index (χ2v) is 5.58. The van der Waals surface area contributed by atoms with Gasteiger partial charge in [0.15, 0.2) is 0 Å². The number of hydrogen-bond donors (Lipinski definition) is 4. The lowest BCUT2D eigenvalue weighted by molar-refractivity contribution is -0.140. The molecule has 0 heterocycles. The molecule has 1 atom stereocenters. The van der Waals surface area contributed by atoms with E-state index in [0.717, 1.165) is 18.9 Å². The van der Waals surface area contributed by atoms with Crippen molar-refractivity contribution >= 4 is 13.8 Å². The van der Waals surface area contributed by atoms with Crippen molar-refractivity contribution in [3.8, 4) is 0 Å². The van der Waals surface area contributed by atoms with Crippen LogP contribution in [0.1, 0.15) is 51.9 Å². The molecule has 0 rings (SSSR count). The monoisotopic (exact) mass is 326 g/mol. The van der Waals surface area contributed by atoms with E-state index in [4.69, 9.17) is 24.0 Å². The standard InChI is InChI=1S/C13H24O3.H3O4P/c1-3-5-6-7-8-9-10-12(14)11-16-13(15)4-2;1-5(2,3)4/h4,12,14H,2-3,5-11H2,1H3;(H3,1,2,3,4). The van der Waals surface area contributed by atoms with Gasteiger partial charge in [-0.25, -0.2) is 9.36 Å². The molecule has 0 saturated heterocycles. The van der Waals surface area contributed by atoms with Crippen LogP contribution in [0.5, 0.6) is 0 Å². The van der Waals surface area contributed by atoms with Crippen LogP contribution < -0.4 is 0 Å². The van der Waals surface area contributed by atoms with Gasteiger partial charge < -0.3 is 24.5 Å². The number of aliphatic hydroxyl groups excluding tert-OH is 1. The van der Waals surface area contributed by atoms with Crippen molar-refractivity contribution < 1.29 is 33.9 Å². The Hall–Kier alpha value is -0.720. The van der Waals surface area contributed by atoms with E-state index in [1.165, 1.54) is 25.7 Å². The number of hydrogen-bond acceptors (Lipinski definition) is 4. The molecule has 0 aliphatic rings. The zero-order valence-electron chi connectivity index (χ0n) is 12.5. The van der Waals surface area contributed by atoms with Crippen molar-refractivity contribution in [3.63, 3.8) is 0 Å². The van der Waals surface area contributed by atoms with Crippen molar-refractivity contribution in [3.05, 3.63) is 12.7 Å². The normalized spacial score (nSPS) is 12.0. The summed E-state index contributed by atoms with van der Waals surface area (Å²) in [5.74, 6) is -0.470. The second kappa shape index (κ2) is 14.2. The van der Waals surface area contributed by atoms with Crippen molar-refractivity contribution in [1.82, 2.24) is 0 Å². The molecule has 0 fully saturated rings. The zero-order chi connectivity index (χ0) is 16.7. The number of carbonyl (C=O) groups is 1. The molecule has 0 aliphatic carbocycles. The smallest absolute Gasteiger partial charge is 0.460 e. The first-order valence-electron chi connectivity index (χ1n) is 6.96. The van der Waals surface area contributed by atoms with Crippen LogP contribution >= 0.6 is 7.82 Å². The molecular formula is C13H27O7P. The first-order valence-corrected chi connectivity index (χ1v) is 8.52. The molecule has 8 heteroatoms. The van der Waals surface area contributed by atoms with Crippen LogP contribution in [0, 0.1) is 0 Å². The van der Waals surface area contributed by atoms with E-state index in [0.29, 0.717) is 6.42 Å². The highest BCUT2D eigenvalue weighted by molar-refractivity contribution is 7.45. The summed E-state index contributed by atoms with van der Waals surface area (Å²) in [5.41, 5.74) is 0. The summed E-state index contributed by atoms with van der Waals surface area (Å²) in [6.45, 7) is 5.56. The van der Waals surface area contributed by atoms with Crippen LogP contribution in [0.3, 0.4) is 0 Å². The Labute approximate surface area is 125 Å². The van der Waals surface area contributed by atoms with Gasteiger partial charge in [0.05, 0.1) is 6.10 Å². The largest absolute Gasteiger partial charge is 0.466 e. The molecule has 0 aromatic heterocycles. The van der Waals surface area contributed by atoms with Gasteiger partial charge in [-0.3, -0.25) is 0 Å². The second-order valence-electron chi connectivity index (χ2n) is 4.56. The number of esters is 1. The third-order valence-corrected chi connectivity index (χ3v) is 2.48. The molecule has 7 nitrogen and oxygen atoms in total. The lowest BCUT2D eigenvalue weighted by atomic mass is 10.1. The molecule has 0 amide bonds. The van der Waals surface area contributed by atoms with Gasteiger partial charge >= 0.3 is 13.8 Å². The Morgan fingerprint density at radius 2 is 1.67 bits per heavy atom. The highest BCUT2D eigenvalue weighted by Gasteiger charge is 2.06. The Bertz CT molecular complexity index is 305. The third kappa shape index (κ3) is 28.2. The molecule has 0 saturated carbocycles. The van der Waals surface area contributed by atoms with E-state index in [-0.39, 0.29) is 6.61 Å². The average Bonchev–Trinajstić information content (AvgIpc) is 2.38. The first kappa shape index (κ1) is 22.6. The number of unbranched alkanes of at least 4 members (excludes halogenated alkanes) is 5. The Morgan fingerprint density at radius 3 is 2.14 bits per heavy atom. The maximum atomic E-state index is 10.7. The number of carbonyl (C=O) groups excluding carboxylic acids is 1. The van der Waals surface area contributed by atoms with Crippen LogP contribution in [0.4, 0.5) is 0 Å². The summed E-state index contributed by atoms with van der Waals surface area (Å²) in [6.07, 6.45) is 8.47. The Balaban J connectivity index is 0. The fourth-order valence-corrected chi connectivity index (χ4v) is 1.48. The molecule has 0 bridgehead atoms. The lowest BCUT2D eigenvalue weighted by Gasteiger charge is -2.09. The van der Waals surface area contributed by atoms with E-state index in [2.05, 4.69) is 13.5 Å². The molecule has 0 radical (unpaired) electrons. The Kier molecular flexibility index (Phi) is 15.3. The maximum absolute atomic E-state index is 10.7. The third-order valence-electron chi connectivity index (χ3n) is 2.48. The predicted octanol–water partition coefficient (Wildman–Crippen LogP) is 1.90. The summed E-state index contributed by atoms with van der Waals surface area (Å²) >= 11 is 0. The molecule has 4 N–H and O–H groups in total. The summed E-state index contributed by atoms with van der Waals surface area (Å²) < 4.78 is 13.6. The van der Waals surface area contributed by atoms with E-state index in [1.807, 2.05) is 0 Å². The van der Waals surface area contributed by atoms with Gasteiger partial charge in [0, 0.05) is 6.08 Å². The maximum Gasteiger partial charge on any atom is 0.466 e. The predicted molar refractivity (Wildman–Crippen MR) is 79.4 cm³/mol. The minimum atomic E-state index is -4.64. The van der Waals surface area contributed by atoms with Gasteiger partial charge in [-0.1, -0.05) is 52.0 Å². The van der Waals surface area contributed by atoms with Gasteiger partial charge in [-0.15, -0.1) is 0 Å². The van der Waals surface area contributed by atoms with Crippen LogP contribution in [0.15, 0.2) is 12.7 Å². The zero-order valence-corrected chi connectivity index (χ0v) is 13.4. The topological polar surface area (TPSA) is 124 Å². The molecule has 126 valence electrons. The van der Waals surface area contributed by atoms with E-state index >= 15 is 0 Å². The van der Waals surface area contributed by atoms with Crippen molar-refractivity contribution in [2.75, 3.05) is 6.61 Å². The minimum absolute atomic E-state index is 0.0831. The van der Waals surface area contributed by atoms with Crippen LogP contribution in [0.2, 0.25) is 0 Å². The summed E-state index contributed by atoms with van der Waals surface area (Å²) in [4.78, 5) is 32.3. The molecule has 21 heavy (non-hydrogen) atoms. The van der Waals surface area contributed by atoms with E-state index in [1.54, 1.807) is 0 Å². The molecule has 1 unspecified atom stereocenters. The molecule has 0 aliphatic heterocycles. The van der Waals surface area contributed by atoms with Crippen molar-refractivity contribution in [2.24, 2.45) is 0 Å². The molecule has 0 aromatic rings. The van der Waals surface area contributed by atoms with Crippen LogP contribution in [-0.2, 0) is 14.1 Å². The fraction of sp³-hybridized carbons (Fsp3) is 0.769. The number of phosphoric acid groups is 1. The quantitative estimate of drug-likeness (QED) is 0.209. The number of aliphatic hydroxyl groups is 1. The van der Waals surface area contributed by atoms with Gasteiger partial charge in [0.1, 0.15) is 6.61 Å². The molecule has 0 spiro atoms. The molecular weight excluding hydrogens is 299 g/mol. The lowest BCUT2D eigenvalue weighted by Crippen LogP contribution is -2.17. The summed E-state index contributed by atoms with van der Waals surface area (Å²) in [7, 11) is -4.64.